The van der Waals surface area contributed by atoms with E-state index in [1.54, 1.807) is 0 Å². The van der Waals surface area contributed by atoms with Crippen molar-refractivity contribution >= 4 is 18.4 Å². The summed E-state index contributed by atoms with van der Waals surface area (Å²) in [5.41, 5.74) is 6.28. The van der Waals surface area contributed by atoms with Gasteiger partial charge in [-0.1, -0.05) is 90.0 Å². The molecular weight excluding hydrogens is 366 g/mol. The summed E-state index contributed by atoms with van der Waals surface area (Å²) in [7, 11) is 0. The van der Waals surface area contributed by atoms with Crippen LogP contribution < -0.4 is 10.6 Å². The zero-order valence-electron chi connectivity index (χ0n) is 16.2. The van der Waals surface area contributed by atoms with Crippen molar-refractivity contribution in [2.75, 3.05) is 0 Å². The Morgan fingerprint density at radius 3 is 2.14 bits per heavy atom. The summed E-state index contributed by atoms with van der Waals surface area (Å²) < 4.78 is 0. The zero-order valence-corrected chi connectivity index (χ0v) is 17.0. The van der Waals surface area contributed by atoms with E-state index in [1.165, 1.54) is 27.8 Å². The van der Waals surface area contributed by atoms with Crippen LogP contribution in [-0.2, 0) is 6.54 Å². The average molecular weight is 392 g/mol. The number of guanidine groups is 1. The number of rotatable bonds is 4. The van der Waals surface area contributed by atoms with Crippen molar-refractivity contribution in [1.29, 1.82) is 0 Å². The summed E-state index contributed by atoms with van der Waals surface area (Å²) in [5, 5.41) is 7.08. The molecule has 2 N–H and O–H groups in total. The lowest BCUT2D eigenvalue weighted by atomic mass is 9.93. The second-order valence-corrected chi connectivity index (χ2v) is 7.21. The van der Waals surface area contributed by atoms with E-state index in [0.717, 1.165) is 12.5 Å². The molecular formula is C24H26ClN3. The van der Waals surface area contributed by atoms with E-state index >= 15 is 0 Å². The largest absolute Gasteiger partial charge is 0.352 e. The zero-order chi connectivity index (χ0) is 18.6. The molecule has 1 heterocycles. The van der Waals surface area contributed by atoms with E-state index in [9.17, 15) is 0 Å². The topological polar surface area (TPSA) is 36.4 Å². The van der Waals surface area contributed by atoms with E-state index in [2.05, 4.69) is 97.3 Å². The summed E-state index contributed by atoms with van der Waals surface area (Å²) in [6.45, 7) is 5.02. The van der Waals surface area contributed by atoms with Gasteiger partial charge < -0.3 is 10.6 Å². The molecule has 0 radical (unpaired) electrons. The fourth-order valence-corrected chi connectivity index (χ4v) is 3.61. The molecule has 0 fully saturated rings. The number of aliphatic imine (C=N–C) groups is 1. The standard InChI is InChI=1S/C24H25N3.ClH/c1-17-8-6-12-20(14-17)22-23(21-13-7-9-18(2)15-21)27-24(26-22)25-16-19-10-4-3-5-11-19;/h3-15,22-23H,16H2,1-2H3,(H2,25,26,27);1H/t22-,23+;. The quantitative estimate of drug-likeness (QED) is 0.636. The molecule has 28 heavy (non-hydrogen) atoms. The van der Waals surface area contributed by atoms with Crippen LogP contribution in [0.5, 0.6) is 0 Å². The third kappa shape index (κ3) is 4.55. The van der Waals surface area contributed by atoms with Crippen molar-refractivity contribution in [3.63, 3.8) is 0 Å². The Morgan fingerprint density at radius 1 is 0.821 bits per heavy atom. The van der Waals surface area contributed by atoms with E-state index in [4.69, 9.17) is 4.99 Å². The van der Waals surface area contributed by atoms with Crippen LogP contribution in [0.3, 0.4) is 0 Å². The molecule has 0 amide bonds. The van der Waals surface area contributed by atoms with Crippen LogP contribution >= 0.6 is 12.4 Å². The molecule has 0 aliphatic carbocycles. The summed E-state index contributed by atoms with van der Waals surface area (Å²) in [6.07, 6.45) is 0. The molecule has 1 aliphatic heterocycles. The summed E-state index contributed by atoms with van der Waals surface area (Å²) >= 11 is 0. The Morgan fingerprint density at radius 2 is 1.46 bits per heavy atom. The summed E-state index contributed by atoms with van der Waals surface area (Å²) in [6, 6.07) is 27.9. The molecule has 3 nitrogen and oxygen atoms in total. The van der Waals surface area contributed by atoms with Gasteiger partial charge in [0, 0.05) is 6.54 Å². The van der Waals surface area contributed by atoms with Gasteiger partial charge in [-0.15, -0.1) is 12.4 Å². The molecule has 4 rings (SSSR count). The highest BCUT2D eigenvalue weighted by molar-refractivity contribution is 5.85. The van der Waals surface area contributed by atoms with Crippen molar-refractivity contribution < 1.29 is 0 Å². The summed E-state index contributed by atoms with van der Waals surface area (Å²) in [5.74, 6) is 0.858. The Bertz CT molecular complexity index is 953. The second kappa shape index (κ2) is 8.94. The lowest BCUT2D eigenvalue weighted by Gasteiger charge is -2.20. The number of nitrogens with zero attached hydrogens (tertiary/aromatic N) is 1. The van der Waals surface area contributed by atoms with Gasteiger partial charge in [-0.2, -0.15) is 0 Å². The van der Waals surface area contributed by atoms with E-state index in [0.29, 0.717) is 0 Å². The van der Waals surface area contributed by atoms with Crippen LogP contribution in [0.25, 0.3) is 0 Å². The van der Waals surface area contributed by atoms with Gasteiger partial charge in [0.15, 0.2) is 5.96 Å². The minimum Gasteiger partial charge on any atom is -0.352 e. The first-order valence-electron chi connectivity index (χ1n) is 9.44. The smallest absolute Gasteiger partial charge is 0.192 e. The lowest BCUT2D eigenvalue weighted by molar-refractivity contribution is 0.569. The Hall–Kier alpha value is -2.78. The maximum absolute atomic E-state index is 5.00. The van der Waals surface area contributed by atoms with Crippen LogP contribution in [0.15, 0.2) is 83.9 Å². The molecule has 0 spiro atoms. The van der Waals surface area contributed by atoms with Gasteiger partial charge in [0.05, 0.1) is 6.04 Å². The van der Waals surface area contributed by atoms with Crippen LogP contribution in [0.1, 0.15) is 39.9 Å². The number of hydrogen-bond donors (Lipinski definition) is 2. The molecule has 0 unspecified atom stereocenters. The minimum atomic E-state index is 0. The maximum Gasteiger partial charge on any atom is 0.192 e. The van der Waals surface area contributed by atoms with Crippen LogP contribution in [0.4, 0.5) is 0 Å². The third-order valence-corrected chi connectivity index (χ3v) is 4.96. The van der Waals surface area contributed by atoms with Gasteiger partial charge in [-0.05, 0) is 30.5 Å². The molecule has 3 aromatic rings. The second-order valence-electron chi connectivity index (χ2n) is 7.21. The monoisotopic (exact) mass is 391 g/mol. The fraction of sp³-hybridized carbons (Fsp3) is 0.208. The highest BCUT2D eigenvalue weighted by Gasteiger charge is 2.31. The molecule has 1 aliphatic rings. The van der Waals surface area contributed by atoms with Crippen molar-refractivity contribution in [3.8, 4) is 0 Å². The highest BCUT2D eigenvalue weighted by Crippen LogP contribution is 2.36. The number of aryl methyl sites for hydroxylation is 2. The van der Waals surface area contributed by atoms with Gasteiger partial charge in [0.25, 0.3) is 0 Å². The number of hydrogen-bond acceptors (Lipinski definition) is 3. The normalized spacial score (nSPS) is 18.0. The number of benzene rings is 3. The lowest BCUT2D eigenvalue weighted by Crippen LogP contribution is -2.35. The van der Waals surface area contributed by atoms with Gasteiger partial charge in [0.1, 0.15) is 6.04 Å². The number of nitrogens with one attached hydrogen (secondary N) is 2. The van der Waals surface area contributed by atoms with Crippen LogP contribution in [0, 0.1) is 13.8 Å². The van der Waals surface area contributed by atoms with E-state index in [1.807, 2.05) is 6.07 Å². The molecule has 4 heteroatoms. The Labute approximate surface area is 173 Å². The molecule has 144 valence electrons. The maximum atomic E-state index is 5.00. The Kier molecular flexibility index (Phi) is 6.37. The minimum absolute atomic E-state index is 0. The molecule has 2 atom stereocenters. The first-order valence-corrected chi connectivity index (χ1v) is 9.44. The van der Waals surface area contributed by atoms with Crippen molar-refractivity contribution in [2.45, 2.75) is 32.5 Å². The van der Waals surface area contributed by atoms with Crippen LogP contribution in [-0.4, -0.2) is 5.96 Å². The average Bonchev–Trinajstić information content (AvgIpc) is 3.12. The van der Waals surface area contributed by atoms with Gasteiger partial charge in [0.2, 0.25) is 0 Å². The SMILES string of the molecule is Cc1cccc([C@H]2NC(NCc3ccccc3)=N[C@H]2c2cccc(C)c2)c1.Cl. The molecule has 0 saturated heterocycles. The molecule has 3 aromatic carbocycles. The van der Waals surface area contributed by atoms with Crippen molar-refractivity contribution in [3.05, 3.63) is 107 Å². The van der Waals surface area contributed by atoms with Gasteiger partial charge in [-0.25, -0.2) is 4.99 Å². The first-order chi connectivity index (χ1) is 13.2. The van der Waals surface area contributed by atoms with Gasteiger partial charge >= 0.3 is 0 Å². The Balaban J connectivity index is 0.00000225. The predicted molar refractivity (Wildman–Crippen MR) is 119 cm³/mol. The van der Waals surface area contributed by atoms with Crippen molar-refractivity contribution in [1.82, 2.24) is 10.6 Å². The number of halogens is 1. The first kappa shape index (κ1) is 20.0. The molecule has 0 bridgehead atoms. The fourth-order valence-electron chi connectivity index (χ4n) is 3.61. The van der Waals surface area contributed by atoms with Gasteiger partial charge in [-0.3, -0.25) is 0 Å². The predicted octanol–water partition coefficient (Wildman–Crippen LogP) is 5.26. The highest BCUT2D eigenvalue weighted by atomic mass is 35.5. The summed E-state index contributed by atoms with van der Waals surface area (Å²) in [4.78, 5) is 5.00. The van der Waals surface area contributed by atoms with E-state index in [-0.39, 0.29) is 24.5 Å². The molecule has 0 saturated carbocycles. The molecule has 0 aromatic heterocycles. The van der Waals surface area contributed by atoms with Crippen molar-refractivity contribution in [2.24, 2.45) is 4.99 Å². The third-order valence-electron chi connectivity index (χ3n) is 4.96. The van der Waals surface area contributed by atoms with E-state index < -0.39 is 0 Å². The van der Waals surface area contributed by atoms with Crippen LogP contribution in [0.2, 0.25) is 0 Å².